The Morgan fingerprint density at radius 1 is 1.00 bits per heavy atom. The summed E-state index contributed by atoms with van der Waals surface area (Å²) in [6.07, 6.45) is 6.74. The highest BCUT2D eigenvalue weighted by Gasteiger charge is 1.79. The SMILES string of the molecule is C=CC(C)=COC=C(C)C=C. The first-order valence-corrected chi connectivity index (χ1v) is 3.44. The van der Waals surface area contributed by atoms with Gasteiger partial charge in [-0.3, -0.25) is 0 Å². The molecule has 0 saturated heterocycles. The molecule has 0 N–H and O–H groups in total. The standard InChI is InChI=1S/C10H14O/c1-5-9(3)7-11-8-10(4)6-2/h5-8H,1-2H2,3-4H3. The smallest absolute Gasteiger partial charge is 0.0930 e. The lowest BCUT2D eigenvalue weighted by Gasteiger charge is -1.93. The summed E-state index contributed by atoms with van der Waals surface area (Å²) in [6.45, 7) is 11.0. The van der Waals surface area contributed by atoms with Crippen LogP contribution in [0.2, 0.25) is 0 Å². The fraction of sp³-hybridized carbons (Fsp3) is 0.200. The average molecular weight is 150 g/mol. The zero-order valence-electron chi connectivity index (χ0n) is 7.13. The van der Waals surface area contributed by atoms with Gasteiger partial charge in [-0.25, -0.2) is 0 Å². The van der Waals surface area contributed by atoms with Crippen molar-refractivity contribution in [1.82, 2.24) is 0 Å². The maximum atomic E-state index is 5.07. The Balaban J connectivity index is 3.89. The van der Waals surface area contributed by atoms with Gasteiger partial charge in [0.25, 0.3) is 0 Å². The van der Waals surface area contributed by atoms with Gasteiger partial charge in [0.05, 0.1) is 12.5 Å². The monoisotopic (exact) mass is 150 g/mol. The van der Waals surface area contributed by atoms with E-state index >= 15 is 0 Å². The van der Waals surface area contributed by atoms with Gasteiger partial charge in [-0.2, -0.15) is 0 Å². The Morgan fingerprint density at radius 2 is 1.36 bits per heavy atom. The average Bonchev–Trinajstić information content (AvgIpc) is 2.04. The second-order valence-electron chi connectivity index (χ2n) is 2.27. The van der Waals surface area contributed by atoms with Crippen molar-refractivity contribution in [2.24, 2.45) is 0 Å². The van der Waals surface area contributed by atoms with Crippen molar-refractivity contribution < 1.29 is 4.74 Å². The molecule has 0 heterocycles. The molecule has 0 saturated carbocycles. The van der Waals surface area contributed by atoms with Gasteiger partial charge in [0.2, 0.25) is 0 Å². The van der Waals surface area contributed by atoms with Crippen LogP contribution in [0, 0.1) is 0 Å². The molecule has 0 spiro atoms. The Bertz CT molecular complexity index is 175. The molecule has 0 bridgehead atoms. The highest BCUT2D eigenvalue weighted by molar-refractivity contribution is 5.12. The Kier molecular flexibility index (Phi) is 4.91. The first-order valence-electron chi connectivity index (χ1n) is 3.44. The second-order valence-corrected chi connectivity index (χ2v) is 2.27. The molecule has 0 fully saturated rings. The molecule has 0 aliphatic heterocycles. The summed E-state index contributed by atoms with van der Waals surface area (Å²) in [5, 5.41) is 0. The lowest BCUT2D eigenvalue weighted by molar-refractivity contribution is 0.396. The molecule has 0 amide bonds. The van der Waals surface area contributed by atoms with Crippen LogP contribution in [0.1, 0.15) is 13.8 Å². The summed E-state index contributed by atoms with van der Waals surface area (Å²) in [4.78, 5) is 0. The third-order valence-electron chi connectivity index (χ3n) is 1.15. The molecule has 0 aliphatic carbocycles. The predicted molar refractivity (Wildman–Crippen MR) is 49.0 cm³/mol. The molecule has 1 nitrogen and oxygen atoms in total. The van der Waals surface area contributed by atoms with Crippen molar-refractivity contribution in [2.45, 2.75) is 13.8 Å². The molecule has 0 aromatic carbocycles. The van der Waals surface area contributed by atoms with Crippen LogP contribution in [-0.4, -0.2) is 0 Å². The molecule has 0 unspecified atom stereocenters. The predicted octanol–water partition coefficient (Wildman–Crippen LogP) is 3.18. The van der Waals surface area contributed by atoms with Crippen molar-refractivity contribution in [3.05, 3.63) is 49.0 Å². The maximum absolute atomic E-state index is 5.07. The number of rotatable bonds is 4. The van der Waals surface area contributed by atoms with Gasteiger partial charge < -0.3 is 4.74 Å². The Hall–Kier alpha value is -1.24. The Morgan fingerprint density at radius 3 is 1.64 bits per heavy atom. The zero-order chi connectivity index (χ0) is 8.69. The van der Waals surface area contributed by atoms with E-state index < -0.39 is 0 Å². The van der Waals surface area contributed by atoms with Gasteiger partial charge in [-0.15, -0.1) is 0 Å². The summed E-state index contributed by atoms with van der Waals surface area (Å²) >= 11 is 0. The second kappa shape index (κ2) is 5.54. The molecule has 1 heteroatoms. The fourth-order valence-corrected chi connectivity index (χ4v) is 0.345. The normalized spacial score (nSPS) is 12.5. The number of hydrogen-bond donors (Lipinski definition) is 0. The summed E-state index contributed by atoms with van der Waals surface area (Å²) < 4.78 is 5.07. The molecule has 0 aromatic rings. The van der Waals surface area contributed by atoms with E-state index in [4.69, 9.17) is 4.74 Å². The van der Waals surface area contributed by atoms with E-state index in [2.05, 4.69) is 13.2 Å². The summed E-state index contributed by atoms with van der Waals surface area (Å²) in [5.41, 5.74) is 2.00. The molecule has 0 radical (unpaired) electrons. The molecule has 0 aliphatic rings. The van der Waals surface area contributed by atoms with Crippen molar-refractivity contribution in [3.63, 3.8) is 0 Å². The van der Waals surface area contributed by atoms with Gasteiger partial charge in [-0.05, 0) is 25.0 Å². The third-order valence-corrected chi connectivity index (χ3v) is 1.15. The topological polar surface area (TPSA) is 9.23 Å². The fourth-order valence-electron chi connectivity index (χ4n) is 0.345. The Labute approximate surface area is 68.4 Å². The van der Waals surface area contributed by atoms with Crippen LogP contribution >= 0.6 is 0 Å². The van der Waals surface area contributed by atoms with E-state index in [-0.39, 0.29) is 0 Å². The van der Waals surface area contributed by atoms with Crippen LogP contribution in [-0.2, 0) is 4.74 Å². The number of ether oxygens (including phenoxy) is 1. The van der Waals surface area contributed by atoms with Crippen molar-refractivity contribution in [3.8, 4) is 0 Å². The zero-order valence-corrected chi connectivity index (χ0v) is 7.13. The highest BCUT2D eigenvalue weighted by Crippen LogP contribution is 1.97. The van der Waals surface area contributed by atoms with E-state index in [1.54, 1.807) is 24.7 Å². The molecular formula is C10H14O. The summed E-state index contributed by atoms with van der Waals surface area (Å²) in [5.74, 6) is 0. The number of allylic oxidation sites excluding steroid dienone is 4. The van der Waals surface area contributed by atoms with Crippen LogP contribution in [0.5, 0.6) is 0 Å². The van der Waals surface area contributed by atoms with E-state index in [9.17, 15) is 0 Å². The third kappa shape index (κ3) is 5.22. The van der Waals surface area contributed by atoms with Gasteiger partial charge in [-0.1, -0.05) is 25.3 Å². The maximum Gasteiger partial charge on any atom is 0.0930 e. The number of hydrogen-bond acceptors (Lipinski definition) is 1. The van der Waals surface area contributed by atoms with Gasteiger partial charge >= 0.3 is 0 Å². The molecule has 0 aromatic heterocycles. The minimum atomic E-state index is 0.998. The van der Waals surface area contributed by atoms with Crippen molar-refractivity contribution >= 4 is 0 Å². The van der Waals surface area contributed by atoms with E-state index in [0.717, 1.165) is 11.1 Å². The molecular weight excluding hydrogens is 136 g/mol. The minimum absolute atomic E-state index is 0.998. The van der Waals surface area contributed by atoms with Crippen LogP contribution in [0.3, 0.4) is 0 Å². The van der Waals surface area contributed by atoms with E-state index in [0.29, 0.717) is 0 Å². The molecule has 60 valence electrons. The van der Waals surface area contributed by atoms with E-state index in [1.807, 2.05) is 13.8 Å². The van der Waals surface area contributed by atoms with Crippen LogP contribution < -0.4 is 0 Å². The largest absolute Gasteiger partial charge is 0.472 e. The molecule has 11 heavy (non-hydrogen) atoms. The van der Waals surface area contributed by atoms with Gasteiger partial charge in [0, 0.05) is 0 Å². The molecule has 0 atom stereocenters. The van der Waals surface area contributed by atoms with Crippen LogP contribution in [0.15, 0.2) is 49.0 Å². The van der Waals surface area contributed by atoms with Crippen molar-refractivity contribution in [2.75, 3.05) is 0 Å². The first-order chi connectivity index (χ1) is 5.20. The minimum Gasteiger partial charge on any atom is -0.472 e. The lowest BCUT2D eigenvalue weighted by atomic mass is 10.3. The summed E-state index contributed by atoms with van der Waals surface area (Å²) in [6, 6.07) is 0. The molecule has 0 rings (SSSR count). The first kappa shape index (κ1) is 9.76. The van der Waals surface area contributed by atoms with E-state index in [1.165, 1.54) is 0 Å². The quantitative estimate of drug-likeness (QED) is 0.441. The summed E-state index contributed by atoms with van der Waals surface area (Å²) in [7, 11) is 0. The van der Waals surface area contributed by atoms with Crippen LogP contribution in [0.25, 0.3) is 0 Å². The highest BCUT2D eigenvalue weighted by atomic mass is 16.5. The van der Waals surface area contributed by atoms with Gasteiger partial charge in [0.15, 0.2) is 0 Å². The van der Waals surface area contributed by atoms with Crippen molar-refractivity contribution in [1.29, 1.82) is 0 Å². The lowest BCUT2D eigenvalue weighted by Crippen LogP contribution is -1.73. The van der Waals surface area contributed by atoms with Crippen LogP contribution in [0.4, 0.5) is 0 Å². The van der Waals surface area contributed by atoms with Gasteiger partial charge in [0.1, 0.15) is 0 Å².